The molecule has 11 nitrogen and oxygen atoms in total. The molecule has 132 valence electrons. The van der Waals surface area contributed by atoms with Crippen LogP contribution in [0.3, 0.4) is 0 Å². The van der Waals surface area contributed by atoms with Gasteiger partial charge in [0.1, 0.15) is 5.69 Å². The lowest BCUT2D eigenvalue weighted by atomic mass is 10.3. The zero-order chi connectivity index (χ0) is 18.9. The summed E-state index contributed by atoms with van der Waals surface area (Å²) in [6, 6.07) is 5.38. The van der Waals surface area contributed by atoms with Crippen molar-refractivity contribution in [1.29, 1.82) is 0 Å². The number of hydrogen-bond acceptors (Lipinski definition) is 9. The summed E-state index contributed by atoms with van der Waals surface area (Å²) < 4.78 is 4.54. The number of methoxy groups -OCH3 is 1. The summed E-state index contributed by atoms with van der Waals surface area (Å²) in [5.74, 6) is 0.723. The second kappa shape index (κ2) is 8.66. The molecule has 0 saturated carbocycles. The predicted molar refractivity (Wildman–Crippen MR) is 89.2 cm³/mol. The number of benzene rings is 1. The van der Waals surface area contributed by atoms with Gasteiger partial charge in [-0.25, -0.2) is 9.78 Å². The molecule has 2 aromatic rings. The smallest absolute Gasteiger partial charge is 0.364 e. The second-order valence-corrected chi connectivity index (χ2v) is 4.55. The first-order valence-electron chi connectivity index (χ1n) is 7.00. The van der Waals surface area contributed by atoms with E-state index in [0.717, 1.165) is 7.11 Å². The Labute approximate surface area is 146 Å². The molecule has 0 aliphatic carbocycles. The van der Waals surface area contributed by atoms with E-state index in [1.54, 1.807) is 0 Å². The number of carbonyl (C=O) groups excluding carboxylic acids is 2. The van der Waals surface area contributed by atoms with Gasteiger partial charge in [0.05, 0.1) is 23.9 Å². The largest absolute Gasteiger partial charge is 0.464 e. The fourth-order valence-corrected chi connectivity index (χ4v) is 1.63. The molecule has 0 unspecified atom stereocenters. The number of anilines is 1. The Morgan fingerprint density at radius 2 is 2.00 bits per heavy atom. The molecule has 0 spiro atoms. The minimum Gasteiger partial charge on any atom is -0.464 e. The number of nitro groups is 1. The molecule has 0 fully saturated rings. The van der Waals surface area contributed by atoms with Gasteiger partial charge in [-0.3, -0.25) is 25.3 Å². The van der Waals surface area contributed by atoms with Crippen LogP contribution in [0.5, 0.6) is 0 Å². The molecule has 0 bridgehead atoms. The third-order valence-electron chi connectivity index (χ3n) is 2.85. The van der Waals surface area contributed by atoms with Gasteiger partial charge in [-0.2, -0.15) is 0 Å². The molecular weight excluding hydrogens is 344 g/mol. The van der Waals surface area contributed by atoms with E-state index in [0.29, 0.717) is 5.69 Å². The minimum absolute atomic E-state index is 0.0148. The molecule has 2 N–H and O–H groups in total. The Morgan fingerprint density at radius 1 is 1.27 bits per heavy atom. The van der Waals surface area contributed by atoms with Gasteiger partial charge < -0.3 is 10.1 Å². The molecule has 0 radical (unpaired) electrons. The number of carbonyl (C=O) groups is 2. The highest BCUT2D eigenvalue weighted by Gasteiger charge is 2.16. The topological polar surface area (TPSA) is 149 Å². The quantitative estimate of drug-likeness (QED) is 0.254. The highest BCUT2D eigenvalue weighted by atomic mass is 16.6. The Hall–Kier alpha value is -4.11. The van der Waals surface area contributed by atoms with Gasteiger partial charge in [0.15, 0.2) is 5.70 Å². The molecular formula is C15H12N6O5. The van der Waals surface area contributed by atoms with Crippen molar-refractivity contribution in [2.24, 2.45) is 5.10 Å². The number of non-ortho nitro benzene ring substituents is 1. The fourth-order valence-electron chi connectivity index (χ4n) is 1.63. The summed E-state index contributed by atoms with van der Waals surface area (Å²) in [7, 11) is 1.13. The lowest BCUT2D eigenvalue weighted by Gasteiger charge is -2.04. The van der Waals surface area contributed by atoms with Gasteiger partial charge in [-0.05, 0) is 12.1 Å². The number of aromatic nitrogens is 2. The van der Waals surface area contributed by atoms with Gasteiger partial charge in [0.2, 0.25) is 0 Å². The molecule has 0 atom stereocenters. The van der Waals surface area contributed by atoms with E-state index in [1.807, 2.05) is 0 Å². The molecule has 1 heterocycles. The van der Waals surface area contributed by atoms with Gasteiger partial charge in [-0.15, -0.1) is 5.10 Å². The lowest BCUT2D eigenvalue weighted by molar-refractivity contribution is -0.384. The first kappa shape index (κ1) is 18.2. The van der Waals surface area contributed by atoms with Crippen LogP contribution < -0.4 is 10.7 Å². The first-order chi connectivity index (χ1) is 12.5. The van der Waals surface area contributed by atoms with Crippen LogP contribution in [-0.4, -0.2) is 39.7 Å². The molecule has 0 aliphatic rings. The van der Waals surface area contributed by atoms with Crippen LogP contribution in [0.1, 0.15) is 10.5 Å². The normalized spacial score (nSPS) is 9.42. The second-order valence-electron chi connectivity index (χ2n) is 4.55. The van der Waals surface area contributed by atoms with Crippen LogP contribution in [0, 0.1) is 10.1 Å². The molecule has 1 aromatic heterocycles. The maximum absolute atomic E-state index is 12.0. The Balaban J connectivity index is 2.14. The van der Waals surface area contributed by atoms with Gasteiger partial charge >= 0.3 is 5.97 Å². The molecule has 1 aromatic carbocycles. The van der Waals surface area contributed by atoms with Crippen LogP contribution >= 0.6 is 0 Å². The SMILES string of the molecule is COC(=O)C(=C=NNc1ccc([N+](=O)[O-])cc1)NC(=O)c1cnccn1. The summed E-state index contributed by atoms with van der Waals surface area (Å²) in [6.45, 7) is 0. The summed E-state index contributed by atoms with van der Waals surface area (Å²) in [5, 5.41) is 16.5. The van der Waals surface area contributed by atoms with Crippen molar-refractivity contribution in [1.82, 2.24) is 15.3 Å². The highest BCUT2D eigenvalue weighted by Crippen LogP contribution is 2.14. The van der Waals surface area contributed by atoms with Crippen LogP contribution in [0.25, 0.3) is 0 Å². The van der Waals surface area contributed by atoms with Gasteiger partial charge in [0, 0.05) is 30.4 Å². The number of hydrogen-bond donors (Lipinski definition) is 2. The minimum atomic E-state index is -0.878. The average molecular weight is 356 g/mol. The summed E-state index contributed by atoms with van der Waals surface area (Å²) in [4.78, 5) is 41.3. The van der Waals surface area contributed by atoms with Crippen LogP contribution in [0.2, 0.25) is 0 Å². The number of amides is 1. The Bertz CT molecular complexity index is 875. The summed E-state index contributed by atoms with van der Waals surface area (Å²) in [5.41, 5.74) is 2.47. The lowest BCUT2D eigenvalue weighted by Crippen LogP contribution is -2.29. The zero-order valence-electron chi connectivity index (χ0n) is 13.4. The molecule has 0 aliphatic heterocycles. The van der Waals surface area contributed by atoms with Crippen molar-refractivity contribution in [2.45, 2.75) is 0 Å². The van der Waals surface area contributed by atoms with Crippen LogP contribution in [0.15, 0.2) is 53.7 Å². The fraction of sp³-hybridized carbons (Fsp3) is 0.0667. The van der Waals surface area contributed by atoms with Crippen molar-refractivity contribution in [3.63, 3.8) is 0 Å². The van der Waals surface area contributed by atoms with Crippen molar-refractivity contribution in [3.05, 3.63) is 64.4 Å². The maximum atomic E-state index is 12.0. The average Bonchev–Trinajstić information content (AvgIpc) is 2.67. The van der Waals surface area contributed by atoms with E-state index in [2.05, 4.69) is 36.4 Å². The maximum Gasteiger partial charge on any atom is 0.364 e. The van der Waals surface area contributed by atoms with Crippen molar-refractivity contribution in [3.8, 4) is 0 Å². The van der Waals surface area contributed by atoms with E-state index in [4.69, 9.17) is 0 Å². The van der Waals surface area contributed by atoms with E-state index >= 15 is 0 Å². The highest BCUT2D eigenvalue weighted by molar-refractivity contribution is 6.04. The summed E-state index contributed by atoms with van der Waals surface area (Å²) >= 11 is 0. The zero-order valence-corrected chi connectivity index (χ0v) is 13.4. The number of ether oxygens (including phenoxy) is 1. The van der Waals surface area contributed by atoms with E-state index < -0.39 is 16.8 Å². The van der Waals surface area contributed by atoms with E-state index in [1.165, 1.54) is 42.9 Å². The predicted octanol–water partition coefficient (Wildman–Crippen LogP) is 0.868. The number of nitrogens with one attached hydrogen (secondary N) is 2. The number of nitro benzene ring substituents is 1. The van der Waals surface area contributed by atoms with Crippen molar-refractivity contribution < 1.29 is 19.2 Å². The Kier molecular flexibility index (Phi) is 6.07. The van der Waals surface area contributed by atoms with Gasteiger partial charge in [0.25, 0.3) is 11.6 Å². The molecule has 1 amide bonds. The number of rotatable bonds is 6. The van der Waals surface area contributed by atoms with Crippen LogP contribution in [0.4, 0.5) is 11.4 Å². The number of esters is 1. The van der Waals surface area contributed by atoms with Crippen LogP contribution in [-0.2, 0) is 9.53 Å². The number of hydrazone groups is 1. The first-order valence-corrected chi connectivity index (χ1v) is 7.00. The third kappa shape index (κ3) is 4.94. The van der Waals surface area contributed by atoms with E-state index in [-0.39, 0.29) is 17.1 Å². The standard InChI is InChI=1S/C15H12N6O5/c1-26-15(23)13(19-14(22)12-8-16-6-7-17-12)9-18-20-10-2-4-11(5-3-10)21(24)25/h2-8,20H,1H3,(H,19,22). The number of nitrogens with zero attached hydrogens (tertiary/aromatic N) is 4. The van der Waals surface area contributed by atoms with Crippen molar-refractivity contribution >= 4 is 29.1 Å². The molecule has 2 rings (SSSR count). The molecule has 11 heteroatoms. The summed E-state index contributed by atoms with van der Waals surface area (Å²) in [6.07, 6.45) is 3.93. The van der Waals surface area contributed by atoms with Crippen molar-refractivity contribution in [2.75, 3.05) is 12.5 Å². The molecule has 0 saturated heterocycles. The van der Waals surface area contributed by atoms with Gasteiger partial charge in [-0.1, -0.05) is 0 Å². The third-order valence-corrected chi connectivity index (χ3v) is 2.85. The van der Waals surface area contributed by atoms with E-state index in [9.17, 15) is 19.7 Å². The molecule has 26 heavy (non-hydrogen) atoms. The monoisotopic (exact) mass is 356 g/mol. The Morgan fingerprint density at radius 3 is 2.58 bits per heavy atom.